The highest BCUT2D eigenvalue weighted by Crippen LogP contribution is 2.14. The SMILES string of the molecule is C[C@@H](OC(=O)CCc1nc2ccccc2c(=O)[nH]1)C(=O)Nc1ccccc1C#N. The number of carbonyl (C=O) groups excluding carboxylic acids is 2. The second kappa shape index (κ2) is 8.80. The molecule has 0 spiro atoms. The number of nitrogens with one attached hydrogen (secondary N) is 2. The molecule has 0 aliphatic rings. The van der Waals surface area contributed by atoms with Crippen molar-refractivity contribution in [1.29, 1.82) is 5.26 Å². The lowest BCUT2D eigenvalue weighted by Gasteiger charge is -2.14. The summed E-state index contributed by atoms with van der Waals surface area (Å²) in [5, 5.41) is 12.1. The standard InChI is InChI=1S/C21H18N4O4/c1-13(20(27)24-16-8-4-2-6-14(16)12-22)29-19(26)11-10-18-23-17-9-5-3-7-15(17)21(28)25-18/h2-9,13H,10-11H2,1H3,(H,24,27)(H,23,25,28)/t13-/m1/s1. The van der Waals surface area contributed by atoms with Crippen LogP contribution in [0.5, 0.6) is 0 Å². The van der Waals surface area contributed by atoms with Crippen molar-refractivity contribution in [3.8, 4) is 6.07 Å². The van der Waals surface area contributed by atoms with Crippen molar-refractivity contribution in [2.45, 2.75) is 25.9 Å². The Hall–Kier alpha value is -3.99. The molecule has 2 N–H and O–H groups in total. The molecule has 0 aliphatic carbocycles. The first-order chi connectivity index (χ1) is 14.0. The fourth-order valence-corrected chi connectivity index (χ4v) is 2.71. The summed E-state index contributed by atoms with van der Waals surface area (Å²) >= 11 is 0. The van der Waals surface area contributed by atoms with Crippen molar-refractivity contribution in [1.82, 2.24) is 9.97 Å². The van der Waals surface area contributed by atoms with Gasteiger partial charge in [0.15, 0.2) is 6.10 Å². The molecule has 0 bridgehead atoms. The van der Waals surface area contributed by atoms with Crippen LogP contribution in [-0.2, 0) is 20.7 Å². The van der Waals surface area contributed by atoms with Crippen LogP contribution in [0.3, 0.4) is 0 Å². The highest BCUT2D eigenvalue weighted by Gasteiger charge is 2.19. The number of aryl methyl sites for hydroxylation is 1. The van der Waals surface area contributed by atoms with Crippen LogP contribution in [0.15, 0.2) is 53.3 Å². The van der Waals surface area contributed by atoms with Gasteiger partial charge in [-0.25, -0.2) is 4.98 Å². The minimum atomic E-state index is -1.04. The van der Waals surface area contributed by atoms with Gasteiger partial charge in [-0.05, 0) is 31.2 Å². The number of hydrogen-bond donors (Lipinski definition) is 2. The van der Waals surface area contributed by atoms with Gasteiger partial charge in [0, 0.05) is 6.42 Å². The highest BCUT2D eigenvalue weighted by molar-refractivity contribution is 5.96. The van der Waals surface area contributed by atoms with Crippen molar-refractivity contribution < 1.29 is 14.3 Å². The first kappa shape index (κ1) is 19.8. The average Bonchev–Trinajstić information content (AvgIpc) is 2.72. The Kier molecular flexibility index (Phi) is 6.00. The molecule has 0 saturated heterocycles. The Labute approximate surface area is 166 Å². The van der Waals surface area contributed by atoms with Gasteiger partial charge in [0.25, 0.3) is 11.5 Å². The smallest absolute Gasteiger partial charge is 0.307 e. The fourth-order valence-electron chi connectivity index (χ4n) is 2.71. The summed E-state index contributed by atoms with van der Waals surface area (Å²) in [4.78, 5) is 43.3. The van der Waals surface area contributed by atoms with E-state index < -0.39 is 18.0 Å². The summed E-state index contributed by atoms with van der Waals surface area (Å²) in [6.45, 7) is 1.44. The van der Waals surface area contributed by atoms with Crippen LogP contribution in [0.25, 0.3) is 10.9 Å². The lowest BCUT2D eigenvalue weighted by Crippen LogP contribution is -2.30. The maximum absolute atomic E-state index is 12.2. The van der Waals surface area contributed by atoms with Gasteiger partial charge in [-0.15, -0.1) is 0 Å². The van der Waals surface area contributed by atoms with Crippen LogP contribution in [0.2, 0.25) is 0 Å². The predicted octanol–water partition coefficient (Wildman–Crippen LogP) is 2.30. The van der Waals surface area contributed by atoms with Crippen LogP contribution in [0, 0.1) is 11.3 Å². The van der Waals surface area contributed by atoms with Crippen LogP contribution >= 0.6 is 0 Å². The minimum absolute atomic E-state index is 0.0479. The van der Waals surface area contributed by atoms with Crippen molar-refractivity contribution in [3.05, 3.63) is 70.3 Å². The van der Waals surface area contributed by atoms with Gasteiger partial charge >= 0.3 is 5.97 Å². The van der Waals surface area contributed by atoms with Crippen LogP contribution in [-0.4, -0.2) is 27.9 Å². The molecule has 1 aromatic heterocycles. The Bertz CT molecular complexity index is 1160. The lowest BCUT2D eigenvalue weighted by molar-refractivity contribution is -0.153. The van der Waals surface area contributed by atoms with Gasteiger partial charge in [0.1, 0.15) is 11.9 Å². The number of aromatic amines is 1. The maximum atomic E-state index is 12.2. The van der Waals surface area contributed by atoms with Gasteiger partial charge in [0.2, 0.25) is 0 Å². The molecule has 8 nitrogen and oxygen atoms in total. The zero-order chi connectivity index (χ0) is 20.8. The molecule has 3 aromatic rings. The number of carbonyl (C=O) groups is 2. The first-order valence-corrected chi connectivity index (χ1v) is 8.95. The van der Waals surface area contributed by atoms with E-state index in [2.05, 4.69) is 15.3 Å². The van der Waals surface area contributed by atoms with E-state index in [1.807, 2.05) is 6.07 Å². The maximum Gasteiger partial charge on any atom is 0.307 e. The predicted molar refractivity (Wildman–Crippen MR) is 106 cm³/mol. The number of H-pyrrole nitrogens is 1. The molecule has 146 valence electrons. The van der Waals surface area contributed by atoms with Crippen molar-refractivity contribution in [3.63, 3.8) is 0 Å². The van der Waals surface area contributed by atoms with Gasteiger partial charge in [-0.1, -0.05) is 24.3 Å². The van der Waals surface area contributed by atoms with Gasteiger partial charge in [0.05, 0.1) is 28.6 Å². The Morgan fingerprint density at radius 1 is 1.21 bits per heavy atom. The van der Waals surface area contributed by atoms with E-state index >= 15 is 0 Å². The third-order valence-corrected chi connectivity index (χ3v) is 4.21. The van der Waals surface area contributed by atoms with E-state index in [0.29, 0.717) is 28.0 Å². The first-order valence-electron chi connectivity index (χ1n) is 8.95. The molecule has 2 aromatic carbocycles. The Balaban J connectivity index is 1.57. The largest absolute Gasteiger partial charge is 0.453 e. The Morgan fingerprint density at radius 2 is 1.93 bits per heavy atom. The van der Waals surface area contributed by atoms with E-state index in [-0.39, 0.29) is 18.4 Å². The summed E-state index contributed by atoms with van der Waals surface area (Å²) in [6, 6.07) is 15.4. The van der Waals surface area contributed by atoms with Gasteiger partial charge in [-0.2, -0.15) is 5.26 Å². The molecule has 0 unspecified atom stereocenters. The molecule has 3 rings (SSSR count). The number of benzene rings is 2. The molecular formula is C21H18N4O4. The summed E-state index contributed by atoms with van der Waals surface area (Å²) in [6.07, 6.45) is -0.920. The summed E-state index contributed by atoms with van der Waals surface area (Å²) in [5.74, 6) is -0.777. The van der Waals surface area contributed by atoms with Gasteiger partial charge in [-0.3, -0.25) is 14.4 Å². The van der Waals surface area contributed by atoms with E-state index in [1.165, 1.54) is 6.92 Å². The molecule has 1 atom stereocenters. The topological polar surface area (TPSA) is 125 Å². The number of rotatable bonds is 6. The van der Waals surface area contributed by atoms with Crippen molar-refractivity contribution >= 4 is 28.5 Å². The summed E-state index contributed by atoms with van der Waals surface area (Å²) < 4.78 is 5.14. The van der Waals surface area contributed by atoms with E-state index in [1.54, 1.807) is 48.5 Å². The third-order valence-electron chi connectivity index (χ3n) is 4.21. The summed E-state index contributed by atoms with van der Waals surface area (Å²) in [7, 11) is 0. The molecule has 1 heterocycles. The third kappa shape index (κ3) is 4.84. The van der Waals surface area contributed by atoms with E-state index in [0.717, 1.165) is 0 Å². The number of aromatic nitrogens is 2. The quantitative estimate of drug-likeness (QED) is 0.622. The molecule has 0 fully saturated rings. The molecule has 29 heavy (non-hydrogen) atoms. The second-order valence-corrected chi connectivity index (χ2v) is 6.31. The highest BCUT2D eigenvalue weighted by atomic mass is 16.5. The Morgan fingerprint density at radius 3 is 2.72 bits per heavy atom. The number of amides is 1. The van der Waals surface area contributed by atoms with E-state index in [4.69, 9.17) is 10.00 Å². The number of fused-ring (bicyclic) bond motifs is 1. The average molecular weight is 390 g/mol. The fraction of sp³-hybridized carbons (Fsp3) is 0.190. The lowest BCUT2D eigenvalue weighted by atomic mass is 10.2. The number of nitrogens with zero attached hydrogens (tertiary/aromatic N) is 2. The monoisotopic (exact) mass is 390 g/mol. The van der Waals surface area contributed by atoms with Crippen LogP contribution in [0.4, 0.5) is 5.69 Å². The van der Waals surface area contributed by atoms with Gasteiger partial charge < -0.3 is 15.0 Å². The van der Waals surface area contributed by atoms with Crippen LogP contribution in [0.1, 0.15) is 24.7 Å². The minimum Gasteiger partial charge on any atom is -0.453 e. The molecular weight excluding hydrogens is 372 g/mol. The number of nitriles is 1. The van der Waals surface area contributed by atoms with Crippen LogP contribution < -0.4 is 10.9 Å². The number of anilines is 1. The zero-order valence-corrected chi connectivity index (χ0v) is 15.6. The van der Waals surface area contributed by atoms with E-state index in [9.17, 15) is 14.4 Å². The molecule has 0 saturated carbocycles. The molecule has 8 heteroatoms. The molecule has 0 radical (unpaired) electrons. The zero-order valence-electron chi connectivity index (χ0n) is 15.6. The number of hydrogen-bond acceptors (Lipinski definition) is 6. The molecule has 0 aliphatic heterocycles. The number of para-hydroxylation sites is 2. The summed E-state index contributed by atoms with van der Waals surface area (Å²) in [5.41, 5.74) is 0.929. The van der Waals surface area contributed by atoms with Crippen molar-refractivity contribution in [2.75, 3.05) is 5.32 Å². The van der Waals surface area contributed by atoms with Crippen molar-refractivity contribution in [2.24, 2.45) is 0 Å². The normalized spacial score (nSPS) is 11.4. The second-order valence-electron chi connectivity index (χ2n) is 6.31. The number of esters is 1. The molecule has 1 amide bonds. The number of ether oxygens (including phenoxy) is 1.